The Labute approximate surface area is 146 Å². The number of carbonyl (C=O) groups excluding carboxylic acids is 2. The van der Waals surface area contributed by atoms with Gasteiger partial charge in [0, 0.05) is 6.08 Å². The van der Waals surface area contributed by atoms with Crippen molar-refractivity contribution >= 4 is 32.8 Å². The summed E-state index contributed by atoms with van der Waals surface area (Å²) in [7, 11) is -6.01. The van der Waals surface area contributed by atoms with Crippen LogP contribution in [0.15, 0.2) is 49.1 Å². The van der Waals surface area contributed by atoms with Gasteiger partial charge in [-0.15, -0.1) is 0 Å². The topological polar surface area (TPSA) is 110 Å². The van der Waals surface area contributed by atoms with Crippen molar-refractivity contribution in [2.75, 3.05) is 6.61 Å². The van der Waals surface area contributed by atoms with Crippen molar-refractivity contribution < 1.29 is 40.8 Å². The van der Waals surface area contributed by atoms with E-state index in [0.717, 1.165) is 6.08 Å². The molecular weight excluding hydrogens is 374 g/mol. The molecule has 0 aliphatic rings. The van der Waals surface area contributed by atoms with Crippen LogP contribution in [0.3, 0.4) is 0 Å². The maximum absolute atomic E-state index is 13.1. The van der Waals surface area contributed by atoms with E-state index in [1.165, 1.54) is 12.1 Å². The van der Waals surface area contributed by atoms with Crippen LogP contribution in [0.4, 0.5) is 8.78 Å². The van der Waals surface area contributed by atoms with Crippen molar-refractivity contribution in [1.82, 2.24) is 0 Å². The Kier molecular flexibility index (Phi) is 5.38. The molecule has 0 unspecified atom stereocenters. The number of esters is 2. The van der Waals surface area contributed by atoms with Crippen molar-refractivity contribution in [1.29, 1.82) is 0 Å². The number of fused-ring (bicyclic) bond motifs is 1. The Balaban J connectivity index is 2.39. The summed E-state index contributed by atoms with van der Waals surface area (Å²) in [5, 5.41) is -3.72. The Morgan fingerprint density at radius 3 is 2.31 bits per heavy atom. The van der Waals surface area contributed by atoms with Crippen LogP contribution in [0.1, 0.15) is 10.4 Å². The molecule has 0 aromatic heterocycles. The Morgan fingerprint density at radius 1 is 1.19 bits per heavy atom. The minimum Gasteiger partial charge on any atom is -0.743 e. The van der Waals surface area contributed by atoms with Gasteiger partial charge in [-0.2, -0.15) is 8.78 Å². The first kappa shape index (κ1) is 19.5. The van der Waals surface area contributed by atoms with Gasteiger partial charge in [-0.25, -0.2) is 18.0 Å². The number of halogens is 2. The van der Waals surface area contributed by atoms with Gasteiger partial charge in [0.15, 0.2) is 16.7 Å². The molecule has 0 bridgehead atoms. The standard InChI is InChI=1S/C16H12F2O7S/c1-2-14(19)25-13-8-11-6-4-3-5-10(11)7-12(13)15(20)24-9-16(17,18)26(21,22)23/h2-8H,1,9H2,(H,21,22,23)/p-1. The third-order valence-electron chi connectivity index (χ3n) is 3.18. The van der Waals surface area contributed by atoms with Gasteiger partial charge in [-0.3, -0.25) is 0 Å². The Hall–Kier alpha value is -2.85. The zero-order chi connectivity index (χ0) is 19.5. The van der Waals surface area contributed by atoms with E-state index < -0.39 is 39.5 Å². The molecule has 0 spiro atoms. The molecule has 7 nitrogen and oxygen atoms in total. The monoisotopic (exact) mass is 385 g/mol. The normalized spacial score (nSPS) is 11.8. The van der Waals surface area contributed by atoms with Gasteiger partial charge in [-0.05, 0) is 22.9 Å². The fourth-order valence-corrected chi connectivity index (χ4v) is 2.12. The molecule has 0 radical (unpaired) electrons. The highest BCUT2D eigenvalue weighted by Gasteiger charge is 2.39. The van der Waals surface area contributed by atoms with E-state index in [4.69, 9.17) is 4.74 Å². The van der Waals surface area contributed by atoms with Crippen LogP contribution in [0.25, 0.3) is 10.8 Å². The Bertz CT molecular complexity index is 983. The van der Waals surface area contributed by atoms with E-state index in [1.807, 2.05) is 0 Å². The minimum atomic E-state index is -6.01. The second-order valence-electron chi connectivity index (χ2n) is 4.99. The zero-order valence-corrected chi connectivity index (χ0v) is 13.8. The number of ether oxygens (including phenoxy) is 2. The summed E-state index contributed by atoms with van der Waals surface area (Å²) in [6.07, 6.45) is 0.822. The number of hydrogen-bond donors (Lipinski definition) is 0. The number of hydrogen-bond acceptors (Lipinski definition) is 7. The van der Waals surface area contributed by atoms with Gasteiger partial charge in [0.25, 0.3) is 0 Å². The molecule has 0 aliphatic heterocycles. The predicted molar refractivity (Wildman–Crippen MR) is 84.7 cm³/mol. The molecule has 2 rings (SSSR count). The number of benzene rings is 2. The molecule has 2 aromatic rings. The maximum atomic E-state index is 13.1. The highest BCUT2D eigenvalue weighted by molar-refractivity contribution is 7.86. The lowest BCUT2D eigenvalue weighted by molar-refractivity contribution is -0.128. The molecule has 10 heteroatoms. The van der Waals surface area contributed by atoms with Crippen LogP contribution >= 0.6 is 0 Å². The summed E-state index contributed by atoms with van der Waals surface area (Å²) in [5.74, 6) is -2.61. The van der Waals surface area contributed by atoms with Crippen LogP contribution in [0.2, 0.25) is 0 Å². The van der Waals surface area contributed by atoms with Crippen molar-refractivity contribution in [3.05, 3.63) is 54.6 Å². The largest absolute Gasteiger partial charge is 0.743 e. The van der Waals surface area contributed by atoms with E-state index in [9.17, 15) is 31.3 Å². The van der Waals surface area contributed by atoms with E-state index in [1.54, 1.807) is 24.3 Å². The summed E-state index contributed by atoms with van der Waals surface area (Å²) in [4.78, 5) is 23.5. The van der Waals surface area contributed by atoms with Crippen molar-refractivity contribution in [2.45, 2.75) is 5.25 Å². The second kappa shape index (κ2) is 7.18. The van der Waals surface area contributed by atoms with Gasteiger partial charge in [-0.1, -0.05) is 30.8 Å². The van der Waals surface area contributed by atoms with Crippen LogP contribution in [0.5, 0.6) is 5.75 Å². The summed E-state index contributed by atoms with van der Waals surface area (Å²) in [6, 6.07) is 9.09. The van der Waals surface area contributed by atoms with E-state index in [-0.39, 0.29) is 5.75 Å². The molecule has 0 fully saturated rings. The number of carbonyl (C=O) groups is 2. The van der Waals surface area contributed by atoms with E-state index in [2.05, 4.69) is 11.3 Å². The summed E-state index contributed by atoms with van der Waals surface area (Å²) in [6.45, 7) is 1.23. The van der Waals surface area contributed by atoms with Gasteiger partial charge < -0.3 is 14.0 Å². The molecule has 0 amide bonds. The second-order valence-corrected chi connectivity index (χ2v) is 6.49. The van der Waals surface area contributed by atoms with Crippen LogP contribution in [-0.2, 0) is 19.6 Å². The molecule has 0 atom stereocenters. The minimum absolute atomic E-state index is 0.299. The van der Waals surface area contributed by atoms with E-state index in [0.29, 0.717) is 10.8 Å². The average Bonchev–Trinajstić information content (AvgIpc) is 2.58. The predicted octanol–water partition coefficient (Wildman–Crippen LogP) is 2.23. The number of rotatable bonds is 6. The fourth-order valence-electron chi connectivity index (χ4n) is 1.91. The summed E-state index contributed by atoms with van der Waals surface area (Å²) in [5.41, 5.74) is -0.405. The highest BCUT2D eigenvalue weighted by atomic mass is 32.2. The summed E-state index contributed by atoms with van der Waals surface area (Å²) < 4.78 is 66.8. The molecule has 0 saturated carbocycles. The smallest absolute Gasteiger partial charge is 0.367 e. The van der Waals surface area contributed by atoms with Gasteiger partial charge in [0.1, 0.15) is 11.3 Å². The molecule has 138 valence electrons. The number of alkyl halides is 2. The highest BCUT2D eigenvalue weighted by Crippen LogP contribution is 2.28. The van der Waals surface area contributed by atoms with Crippen LogP contribution in [0, 0.1) is 0 Å². The summed E-state index contributed by atoms with van der Waals surface area (Å²) >= 11 is 0. The van der Waals surface area contributed by atoms with Crippen molar-refractivity contribution in [2.24, 2.45) is 0 Å². The molecule has 26 heavy (non-hydrogen) atoms. The lowest BCUT2D eigenvalue weighted by Crippen LogP contribution is -2.34. The van der Waals surface area contributed by atoms with Crippen LogP contribution in [-0.4, -0.2) is 36.8 Å². The van der Waals surface area contributed by atoms with Crippen LogP contribution < -0.4 is 4.74 Å². The van der Waals surface area contributed by atoms with Gasteiger partial charge in [0.05, 0.1) is 0 Å². The van der Waals surface area contributed by atoms with E-state index >= 15 is 0 Å². The lowest BCUT2D eigenvalue weighted by Gasteiger charge is -2.19. The fraction of sp³-hybridized carbons (Fsp3) is 0.125. The molecule has 0 N–H and O–H groups in total. The third-order valence-corrected chi connectivity index (χ3v) is 4.03. The van der Waals surface area contributed by atoms with Gasteiger partial charge in [0.2, 0.25) is 0 Å². The molecule has 0 saturated heterocycles. The Morgan fingerprint density at radius 2 is 1.77 bits per heavy atom. The first-order chi connectivity index (χ1) is 12.0. The van der Waals surface area contributed by atoms with Crippen molar-refractivity contribution in [3.63, 3.8) is 0 Å². The molecule has 0 aliphatic carbocycles. The SMILES string of the molecule is C=CC(=O)Oc1cc2ccccc2cc1C(=O)OCC(F)(F)S(=O)(=O)[O-]. The van der Waals surface area contributed by atoms with Crippen molar-refractivity contribution in [3.8, 4) is 5.75 Å². The third kappa shape index (κ3) is 4.21. The average molecular weight is 385 g/mol. The quantitative estimate of drug-likeness (QED) is 0.324. The first-order valence-electron chi connectivity index (χ1n) is 6.92. The molecule has 2 aromatic carbocycles. The lowest BCUT2D eigenvalue weighted by atomic mass is 10.1. The zero-order valence-electron chi connectivity index (χ0n) is 13.0. The first-order valence-corrected chi connectivity index (χ1v) is 8.33. The van der Waals surface area contributed by atoms with Gasteiger partial charge >= 0.3 is 17.2 Å². The molecular formula is C16H11F2O7S-. The molecule has 0 heterocycles. The maximum Gasteiger partial charge on any atom is 0.367 e.